The van der Waals surface area contributed by atoms with Crippen molar-refractivity contribution in [2.24, 2.45) is 0 Å². The number of carbonyl (C=O) groups is 1. The lowest BCUT2D eigenvalue weighted by atomic mass is 10.0. The molecule has 3 heterocycles. The number of hydrogen-bond donors (Lipinski definition) is 1. The second-order valence-corrected chi connectivity index (χ2v) is 6.63. The fourth-order valence-corrected chi connectivity index (χ4v) is 3.26. The van der Waals surface area contributed by atoms with Crippen molar-refractivity contribution in [3.05, 3.63) is 71.8 Å². The molecule has 0 unspecified atom stereocenters. The SMILES string of the molecule is Cc1cncc(NC(=O)N2CCCc3ccc(-c4cccc(F)c4)nc32)c1. The first-order chi connectivity index (χ1) is 13.1. The van der Waals surface area contributed by atoms with Gasteiger partial charge in [0.25, 0.3) is 0 Å². The fourth-order valence-electron chi connectivity index (χ4n) is 3.26. The van der Waals surface area contributed by atoms with Crippen LogP contribution < -0.4 is 10.2 Å². The highest BCUT2D eigenvalue weighted by molar-refractivity contribution is 6.02. The third-order valence-electron chi connectivity index (χ3n) is 4.53. The van der Waals surface area contributed by atoms with Gasteiger partial charge in [-0.25, -0.2) is 14.2 Å². The van der Waals surface area contributed by atoms with Crippen molar-refractivity contribution in [3.63, 3.8) is 0 Å². The topological polar surface area (TPSA) is 58.1 Å². The molecule has 0 spiro atoms. The van der Waals surface area contributed by atoms with E-state index in [1.165, 1.54) is 12.1 Å². The van der Waals surface area contributed by atoms with Crippen LogP contribution in [0.5, 0.6) is 0 Å². The van der Waals surface area contributed by atoms with E-state index in [0.717, 1.165) is 24.0 Å². The number of urea groups is 1. The molecule has 3 aromatic rings. The fraction of sp³-hybridized carbons (Fsp3) is 0.190. The lowest BCUT2D eigenvalue weighted by molar-refractivity contribution is 0.256. The van der Waals surface area contributed by atoms with E-state index < -0.39 is 0 Å². The van der Waals surface area contributed by atoms with Gasteiger partial charge in [-0.3, -0.25) is 9.88 Å². The van der Waals surface area contributed by atoms with Crippen molar-refractivity contribution in [2.75, 3.05) is 16.8 Å². The highest BCUT2D eigenvalue weighted by Crippen LogP contribution is 2.29. The smallest absolute Gasteiger partial charge is 0.306 e. The molecule has 2 amide bonds. The molecule has 136 valence electrons. The van der Waals surface area contributed by atoms with E-state index in [4.69, 9.17) is 0 Å². The predicted molar refractivity (Wildman–Crippen MR) is 103 cm³/mol. The van der Waals surface area contributed by atoms with Crippen molar-refractivity contribution >= 4 is 17.5 Å². The van der Waals surface area contributed by atoms with Gasteiger partial charge in [0, 0.05) is 18.3 Å². The molecule has 0 saturated carbocycles. The molecule has 0 atom stereocenters. The molecule has 6 heteroatoms. The standard InChI is InChI=1S/C21H19FN4O/c1-14-10-18(13-23-12-14)24-21(27)26-9-3-5-15-7-8-19(25-20(15)26)16-4-2-6-17(22)11-16/h2,4,6-8,10-13H,3,5,9H2,1H3,(H,24,27). The van der Waals surface area contributed by atoms with Crippen LogP contribution in [0.25, 0.3) is 11.3 Å². The zero-order valence-corrected chi connectivity index (χ0v) is 14.9. The Morgan fingerprint density at radius 3 is 2.89 bits per heavy atom. The summed E-state index contributed by atoms with van der Waals surface area (Å²) >= 11 is 0. The van der Waals surface area contributed by atoms with E-state index in [9.17, 15) is 9.18 Å². The number of halogens is 1. The number of anilines is 2. The predicted octanol–water partition coefficient (Wildman–Crippen LogP) is 4.58. The van der Waals surface area contributed by atoms with Gasteiger partial charge in [-0.15, -0.1) is 0 Å². The summed E-state index contributed by atoms with van der Waals surface area (Å²) in [6, 6.07) is 11.8. The average molecular weight is 362 g/mol. The lowest BCUT2D eigenvalue weighted by Gasteiger charge is -2.28. The summed E-state index contributed by atoms with van der Waals surface area (Å²) < 4.78 is 13.6. The first kappa shape index (κ1) is 17.1. The number of nitrogens with zero attached hydrogens (tertiary/aromatic N) is 3. The van der Waals surface area contributed by atoms with E-state index in [1.54, 1.807) is 23.4 Å². The molecule has 0 bridgehead atoms. The number of amides is 2. The Labute approximate surface area is 156 Å². The molecule has 1 N–H and O–H groups in total. The third-order valence-corrected chi connectivity index (χ3v) is 4.53. The first-order valence-corrected chi connectivity index (χ1v) is 8.86. The van der Waals surface area contributed by atoms with Gasteiger partial charge in [0.2, 0.25) is 0 Å². The van der Waals surface area contributed by atoms with Crippen LogP contribution in [-0.4, -0.2) is 22.5 Å². The minimum Gasteiger partial charge on any atom is -0.306 e. The molecule has 1 aromatic carbocycles. The van der Waals surface area contributed by atoms with Crippen LogP contribution in [0.3, 0.4) is 0 Å². The number of fused-ring (bicyclic) bond motifs is 1. The monoisotopic (exact) mass is 362 g/mol. The zero-order chi connectivity index (χ0) is 18.8. The van der Waals surface area contributed by atoms with Gasteiger partial charge in [0.05, 0.1) is 17.6 Å². The second kappa shape index (κ2) is 7.15. The van der Waals surface area contributed by atoms with Gasteiger partial charge in [0.15, 0.2) is 0 Å². The van der Waals surface area contributed by atoms with Crippen molar-refractivity contribution in [1.82, 2.24) is 9.97 Å². The lowest BCUT2D eigenvalue weighted by Crippen LogP contribution is -2.39. The van der Waals surface area contributed by atoms with E-state index in [2.05, 4.69) is 15.3 Å². The third kappa shape index (κ3) is 3.65. The van der Waals surface area contributed by atoms with Gasteiger partial charge >= 0.3 is 6.03 Å². The van der Waals surface area contributed by atoms with E-state index in [1.807, 2.05) is 31.2 Å². The molecule has 0 fully saturated rings. The van der Waals surface area contributed by atoms with Gasteiger partial charge in [-0.1, -0.05) is 18.2 Å². The van der Waals surface area contributed by atoms with Gasteiger partial charge < -0.3 is 5.32 Å². The number of aromatic nitrogens is 2. The maximum Gasteiger partial charge on any atom is 0.327 e. The second-order valence-electron chi connectivity index (χ2n) is 6.63. The number of pyridine rings is 2. The highest BCUT2D eigenvalue weighted by atomic mass is 19.1. The van der Waals surface area contributed by atoms with Crippen molar-refractivity contribution in [1.29, 1.82) is 0 Å². The van der Waals surface area contributed by atoms with Gasteiger partial charge in [-0.2, -0.15) is 0 Å². The summed E-state index contributed by atoms with van der Waals surface area (Å²) in [6.45, 7) is 2.50. The first-order valence-electron chi connectivity index (χ1n) is 8.86. The molecular formula is C21H19FN4O. The molecule has 0 saturated heterocycles. The van der Waals surface area contributed by atoms with Crippen LogP contribution in [0.4, 0.5) is 20.7 Å². The molecule has 1 aliphatic heterocycles. The summed E-state index contributed by atoms with van der Waals surface area (Å²) in [4.78, 5) is 23.2. The number of aryl methyl sites for hydroxylation is 2. The van der Waals surface area contributed by atoms with Crippen LogP contribution >= 0.6 is 0 Å². The van der Waals surface area contributed by atoms with E-state index in [0.29, 0.717) is 29.3 Å². The molecule has 27 heavy (non-hydrogen) atoms. The number of hydrogen-bond acceptors (Lipinski definition) is 3. The Kier molecular flexibility index (Phi) is 4.54. The normalized spacial score (nSPS) is 13.2. The van der Waals surface area contributed by atoms with Crippen molar-refractivity contribution in [3.8, 4) is 11.3 Å². The minimum absolute atomic E-state index is 0.243. The largest absolute Gasteiger partial charge is 0.327 e. The molecule has 5 nitrogen and oxygen atoms in total. The molecule has 0 aliphatic carbocycles. The van der Waals surface area contributed by atoms with Crippen LogP contribution in [0.15, 0.2) is 54.9 Å². The highest BCUT2D eigenvalue weighted by Gasteiger charge is 2.24. The molecule has 0 radical (unpaired) electrons. The average Bonchev–Trinajstić information content (AvgIpc) is 2.67. The number of nitrogens with one attached hydrogen (secondary N) is 1. The quantitative estimate of drug-likeness (QED) is 0.726. The van der Waals surface area contributed by atoms with Gasteiger partial charge in [-0.05, 0) is 55.2 Å². The summed E-state index contributed by atoms with van der Waals surface area (Å²) in [5.41, 5.74) is 3.96. The van der Waals surface area contributed by atoms with Crippen LogP contribution in [-0.2, 0) is 6.42 Å². The summed E-state index contributed by atoms with van der Waals surface area (Å²) in [5.74, 6) is 0.315. The van der Waals surface area contributed by atoms with Gasteiger partial charge in [0.1, 0.15) is 11.6 Å². The Morgan fingerprint density at radius 1 is 1.19 bits per heavy atom. The Morgan fingerprint density at radius 2 is 2.07 bits per heavy atom. The maximum atomic E-state index is 13.6. The Bertz CT molecular complexity index is 1000. The molecule has 2 aromatic heterocycles. The Balaban J connectivity index is 1.65. The Hall–Kier alpha value is -3.28. The van der Waals surface area contributed by atoms with Crippen LogP contribution in [0.1, 0.15) is 17.5 Å². The zero-order valence-electron chi connectivity index (χ0n) is 14.9. The molecule has 1 aliphatic rings. The number of carbonyl (C=O) groups excluding carboxylic acids is 1. The summed E-state index contributed by atoms with van der Waals surface area (Å²) in [5, 5.41) is 2.89. The molecular weight excluding hydrogens is 343 g/mol. The van der Waals surface area contributed by atoms with E-state index in [-0.39, 0.29) is 11.8 Å². The minimum atomic E-state index is -0.312. The van der Waals surface area contributed by atoms with Crippen LogP contribution in [0.2, 0.25) is 0 Å². The maximum absolute atomic E-state index is 13.6. The van der Waals surface area contributed by atoms with Crippen molar-refractivity contribution < 1.29 is 9.18 Å². The summed E-state index contributed by atoms with van der Waals surface area (Å²) in [7, 11) is 0. The molecule has 4 rings (SSSR count). The number of rotatable bonds is 2. The van der Waals surface area contributed by atoms with Crippen molar-refractivity contribution in [2.45, 2.75) is 19.8 Å². The van der Waals surface area contributed by atoms with Crippen LogP contribution in [0, 0.1) is 12.7 Å². The summed E-state index contributed by atoms with van der Waals surface area (Å²) in [6.07, 6.45) is 5.08. The van der Waals surface area contributed by atoms with E-state index >= 15 is 0 Å². The number of benzene rings is 1.